The first-order valence-corrected chi connectivity index (χ1v) is 11.6. The minimum atomic E-state index is -0.677. The SMILES string of the molecule is CCCNC(=O)[C@@H](NC(=O)c1cccc(OC)c1)C1CCN(C(=O)c2ccc(OC)cc2)CC1. The van der Waals surface area contributed by atoms with Gasteiger partial charge in [-0.2, -0.15) is 0 Å². The number of carbonyl (C=O) groups excluding carboxylic acids is 3. The number of carbonyl (C=O) groups is 3. The van der Waals surface area contributed by atoms with Crippen molar-refractivity contribution in [3.05, 3.63) is 59.7 Å². The molecule has 0 saturated carbocycles. The van der Waals surface area contributed by atoms with Crippen molar-refractivity contribution in [2.24, 2.45) is 5.92 Å². The number of ether oxygens (including phenoxy) is 2. The third kappa shape index (κ3) is 6.27. The number of likely N-dealkylation sites (tertiary alicyclic amines) is 1. The number of benzene rings is 2. The van der Waals surface area contributed by atoms with E-state index in [0.29, 0.717) is 55.1 Å². The van der Waals surface area contributed by atoms with Gasteiger partial charge in [0.2, 0.25) is 5.91 Å². The Bertz CT molecular complexity index is 984. The van der Waals surface area contributed by atoms with Gasteiger partial charge in [-0.25, -0.2) is 0 Å². The van der Waals surface area contributed by atoms with Crippen LogP contribution in [0, 0.1) is 5.92 Å². The molecule has 0 radical (unpaired) electrons. The lowest BCUT2D eigenvalue weighted by Crippen LogP contribution is -2.54. The van der Waals surface area contributed by atoms with Crippen LogP contribution in [0.4, 0.5) is 0 Å². The number of hydrogen-bond donors (Lipinski definition) is 2. The third-order valence-electron chi connectivity index (χ3n) is 6.09. The Morgan fingerprint density at radius 1 is 0.971 bits per heavy atom. The van der Waals surface area contributed by atoms with E-state index in [1.54, 1.807) is 67.7 Å². The zero-order valence-corrected chi connectivity index (χ0v) is 20.0. The molecule has 0 aromatic heterocycles. The summed E-state index contributed by atoms with van der Waals surface area (Å²) in [5.41, 5.74) is 1.03. The van der Waals surface area contributed by atoms with E-state index in [0.717, 1.165) is 6.42 Å². The average Bonchev–Trinajstić information content (AvgIpc) is 2.90. The van der Waals surface area contributed by atoms with Gasteiger partial charge in [0.15, 0.2) is 0 Å². The van der Waals surface area contributed by atoms with Crippen molar-refractivity contribution < 1.29 is 23.9 Å². The van der Waals surface area contributed by atoms with E-state index < -0.39 is 6.04 Å². The fourth-order valence-electron chi connectivity index (χ4n) is 4.10. The Morgan fingerprint density at radius 3 is 2.26 bits per heavy atom. The summed E-state index contributed by atoms with van der Waals surface area (Å²) < 4.78 is 10.4. The number of nitrogens with zero attached hydrogens (tertiary/aromatic N) is 1. The van der Waals surface area contributed by atoms with Crippen molar-refractivity contribution in [2.45, 2.75) is 32.2 Å². The number of hydrogen-bond acceptors (Lipinski definition) is 5. The molecule has 2 aromatic rings. The standard InChI is InChI=1S/C26H33N3O5/c1-4-14-27-25(31)23(28-24(30)20-6-5-7-22(17-20)34-3)18-12-15-29(16-13-18)26(32)19-8-10-21(33-2)11-9-19/h5-11,17-18,23H,4,12-16H2,1-3H3,(H,27,31)(H,28,30)/t23-/m0/s1. The highest BCUT2D eigenvalue weighted by molar-refractivity contribution is 5.98. The van der Waals surface area contributed by atoms with E-state index in [1.807, 2.05) is 6.92 Å². The molecule has 0 spiro atoms. The Hall–Kier alpha value is -3.55. The smallest absolute Gasteiger partial charge is 0.253 e. The first kappa shape index (κ1) is 25.1. The summed E-state index contributed by atoms with van der Waals surface area (Å²) in [6.45, 7) is 3.55. The Labute approximate surface area is 200 Å². The highest BCUT2D eigenvalue weighted by Crippen LogP contribution is 2.24. The van der Waals surface area contributed by atoms with Crippen LogP contribution in [-0.2, 0) is 4.79 Å². The first-order valence-electron chi connectivity index (χ1n) is 11.6. The summed E-state index contributed by atoms with van der Waals surface area (Å²) in [6, 6.07) is 13.2. The molecule has 1 fully saturated rings. The summed E-state index contributed by atoms with van der Waals surface area (Å²) in [5.74, 6) is 0.623. The third-order valence-corrected chi connectivity index (χ3v) is 6.09. The minimum Gasteiger partial charge on any atom is -0.497 e. The number of rotatable bonds is 9. The van der Waals surface area contributed by atoms with Gasteiger partial charge >= 0.3 is 0 Å². The molecule has 2 N–H and O–H groups in total. The molecule has 8 heteroatoms. The lowest BCUT2D eigenvalue weighted by atomic mass is 9.88. The molecule has 1 aliphatic heterocycles. The molecule has 8 nitrogen and oxygen atoms in total. The molecule has 0 unspecified atom stereocenters. The molecule has 34 heavy (non-hydrogen) atoms. The highest BCUT2D eigenvalue weighted by Gasteiger charge is 2.34. The van der Waals surface area contributed by atoms with Gasteiger partial charge in [0.25, 0.3) is 11.8 Å². The molecule has 3 amide bonds. The van der Waals surface area contributed by atoms with Crippen LogP contribution in [-0.4, -0.2) is 62.5 Å². The predicted molar refractivity (Wildman–Crippen MR) is 129 cm³/mol. The van der Waals surface area contributed by atoms with Crippen LogP contribution in [0.1, 0.15) is 46.9 Å². The van der Waals surface area contributed by atoms with Crippen LogP contribution in [0.25, 0.3) is 0 Å². The van der Waals surface area contributed by atoms with Gasteiger partial charge in [-0.15, -0.1) is 0 Å². The fraction of sp³-hybridized carbons (Fsp3) is 0.423. The molecule has 1 heterocycles. The van der Waals surface area contributed by atoms with Crippen molar-refractivity contribution in [1.82, 2.24) is 15.5 Å². The van der Waals surface area contributed by atoms with Crippen molar-refractivity contribution in [2.75, 3.05) is 33.9 Å². The van der Waals surface area contributed by atoms with Gasteiger partial charge in [0.05, 0.1) is 14.2 Å². The molecule has 1 saturated heterocycles. The Balaban J connectivity index is 1.67. The minimum absolute atomic E-state index is 0.0477. The summed E-state index contributed by atoms with van der Waals surface area (Å²) in [7, 11) is 3.13. The monoisotopic (exact) mass is 467 g/mol. The highest BCUT2D eigenvalue weighted by atomic mass is 16.5. The van der Waals surface area contributed by atoms with Crippen LogP contribution < -0.4 is 20.1 Å². The van der Waals surface area contributed by atoms with Crippen molar-refractivity contribution in [3.63, 3.8) is 0 Å². The summed E-state index contributed by atoms with van der Waals surface area (Å²) in [5, 5.41) is 5.84. The maximum atomic E-state index is 12.9. The normalized spacial score (nSPS) is 14.7. The zero-order chi connectivity index (χ0) is 24.5. The molecule has 2 aromatic carbocycles. The summed E-state index contributed by atoms with van der Waals surface area (Å²) >= 11 is 0. The van der Waals surface area contributed by atoms with E-state index in [-0.39, 0.29) is 23.6 Å². The lowest BCUT2D eigenvalue weighted by molar-refractivity contribution is -0.124. The summed E-state index contributed by atoms with van der Waals surface area (Å²) in [4.78, 5) is 40.6. The van der Waals surface area contributed by atoms with E-state index in [9.17, 15) is 14.4 Å². The van der Waals surface area contributed by atoms with E-state index in [2.05, 4.69) is 10.6 Å². The molecule has 3 rings (SSSR count). The van der Waals surface area contributed by atoms with Gasteiger partial charge in [-0.05, 0) is 67.6 Å². The van der Waals surface area contributed by atoms with E-state index in [1.165, 1.54) is 0 Å². The number of amides is 3. The van der Waals surface area contributed by atoms with E-state index >= 15 is 0 Å². The van der Waals surface area contributed by atoms with Crippen LogP contribution in [0.5, 0.6) is 11.5 Å². The Kier molecular flexibility index (Phi) is 8.90. The van der Waals surface area contributed by atoms with Crippen LogP contribution in [0.2, 0.25) is 0 Å². The van der Waals surface area contributed by atoms with Gasteiger partial charge in [-0.3, -0.25) is 14.4 Å². The van der Waals surface area contributed by atoms with Crippen LogP contribution in [0.15, 0.2) is 48.5 Å². The topological polar surface area (TPSA) is 97.0 Å². The first-order chi connectivity index (χ1) is 16.5. The van der Waals surface area contributed by atoms with Gasteiger partial charge < -0.3 is 25.0 Å². The maximum Gasteiger partial charge on any atom is 0.253 e. The number of nitrogens with one attached hydrogen (secondary N) is 2. The summed E-state index contributed by atoms with van der Waals surface area (Å²) in [6.07, 6.45) is 2.03. The quantitative estimate of drug-likeness (QED) is 0.591. The maximum absolute atomic E-state index is 12.9. The van der Waals surface area contributed by atoms with Crippen LogP contribution in [0.3, 0.4) is 0 Å². The average molecular weight is 468 g/mol. The van der Waals surface area contributed by atoms with Crippen molar-refractivity contribution in [3.8, 4) is 11.5 Å². The van der Waals surface area contributed by atoms with Crippen LogP contribution >= 0.6 is 0 Å². The molecule has 0 bridgehead atoms. The molecule has 182 valence electrons. The second-order valence-electron chi connectivity index (χ2n) is 8.33. The van der Waals surface area contributed by atoms with Crippen molar-refractivity contribution in [1.29, 1.82) is 0 Å². The fourth-order valence-corrected chi connectivity index (χ4v) is 4.10. The molecule has 0 aliphatic carbocycles. The molecule has 1 aliphatic rings. The predicted octanol–water partition coefficient (Wildman–Crippen LogP) is 2.88. The Morgan fingerprint density at radius 2 is 1.65 bits per heavy atom. The molecular weight excluding hydrogens is 434 g/mol. The largest absolute Gasteiger partial charge is 0.497 e. The lowest BCUT2D eigenvalue weighted by Gasteiger charge is -2.36. The molecular formula is C26H33N3O5. The second kappa shape index (κ2) is 12.1. The number of methoxy groups -OCH3 is 2. The van der Waals surface area contributed by atoms with Gasteiger partial charge in [0, 0.05) is 30.8 Å². The van der Waals surface area contributed by atoms with E-state index in [4.69, 9.17) is 9.47 Å². The second-order valence-corrected chi connectivity index (χ2v) is 8.33. The number of piperidine rings is 1. The molecule has 1 atom stereocenters. The van der Waals surface area contributed by atoms with Gasteiger partial charge in [0.1, 0.15) is 17.5 Å². The van der Waals surface area contributed by atoms with Crippen molar-refractivity contribution >= 4 is 17.7 Å². The van der Waals surface area contributed by atoms with Gasteiger partial charge in [-0.1, -0.05) is 13.0 Å². The zero-order valence-electron chi connectivity index (χ0n) is 20.0.